The first-order valence-corrected chi connectivity index (χ1v) is 5.18. The number of benzene rings is 1. The summed E-state index contributed by atoms with van der Waals surface area (Å²) in [5, 5.41) is 1.34. The Labute approximate surface area is 91.3 Å². The highest BCUT2D eigenvalue weighted by atomic mass is 15.3. The molecule has 0 fully saturated rings. The summed E-state index contributed by atoms with van der Waals surface area (Å²) < 4.78 is 2.90. The fourth-order valence-electron chi connectivity index (χ4n) is 2.01. The van der Waals surface area contributed by atoms with E-state index in [1.54, 1.807) is 0 Å². The summed E-state index contributed by atoms with van der Waals surface area (Å²) >= 11 is 0. The van der Waals surface area contributed by atoms with E-state index in [-0.39, 0.29) is 0 Å². The average molecular weight is 202 g/mol. The van der Waals surface area contributed by atoms with Crippen molar-refractivity contribution < 1.29 is 4.48 Å². The molecule has 2 aromatic rings. The molecule has 0 unspecified atom stereocenters. The highest BCUT2D eigenvalue weighted by molar-refractivity contribution is 5.83. The van der Waals surface area contributed by atoms with Gasteiger partial charge in [0.2, 0.25) is 0 Å². The fraction of sp³-hybridized carbons (Fsp3) is 0.308. The van der Waals surface area contributed by atoms with Gasteiger partial charge in [0.15, 0.2) is 0 Å². The second kappa shape index (κ2) is 3.38. The molecule has 0 aliphatic heterocycles. The first-order chi connectivity index (χ1) is 6.97. The minimum absolute atomic E-state index is 0.716. The van der Waals surface area contributed by atoms with Crippen LogP contribution >= 0.6 is 0 Å². The van der Waals surface area contributed by atoms with Crippen LogP contribution in [0.5, 0.6) is 0 Å². The van der Waals surface area contributed by atoms with Gasteiger partial charge in [0.05, 0.1) is 6.54 Å². The van der Waals surface area contributed by atoms with Gasteiger partial charge in [-0.1, -0.05) is 18.2 Å². The highest BCUT2D eigenvalue weighted by Crippen LogP contribution is 2.22. The summed E-state index contributed by atoms with van der Waals surface area (Å²) in [5.41, 5.74) is 2.66. The van der Waals surface area contributed by atoms with E-state index >= 15 is 0 Å². The molecule has 80 valence electrons. The van der Waals surface area contributed by atoms with Crippen molar-refractivity contribution in [3.8, 4) is 0 Å². The Morgan fingerprint density at radius 1 is 1.27 bits per heavy atom. The number of hydrogen-bond acceptors (Lipinski definition) is 0. The monoisotopic (exact) mass is 202 g/mol. The van der Waals surface area contributed by atoms with Crippen molar-refractivity contribution in [3.05, 3.63) is 43.1 Å². The smallest absolute Gasteiger partial charge is 0.0820 e. The summed E-state index contributed by atoms with van der Waals surface area (Å²) in [6, 6.07) is 8.51. The van der Waals surface area contributed by atoms with Crippen molar-refractivity contribution >= 4 is 10.9 Å². The van der Waals surface area contributed by atoms with Crippen LogP contribution in [-0.4, -0.2) is 23.1 Å². The minimum atomic E-state index is 0.716. The Bertz CT molecular complexity index is 475. The summed E-state index contributed by atoms with van der Waals surface area (Å²) in [6.07, 6.45) is 2.20. The van der Waals surface area contributed by atoms with E-state index in [2.05, 4.69) is 63.2 Å². The van der Waals surface area contributed by atoms with Crippen LogP contribution in [-0.2, 0) is 13.6 Å². The van der Waals surface area contributed by atoms with E-state index in [1.807, 2.05) is 0 Å². The van der Waals surface area contributed by atoms with Crippen molar-refractivity contribution in [2.24, 2.45) is 7.05 Å². The molecule has 0 amide bonds. The predicted molar refractivity (Wildman–Crippen MR) is 64.1 cm³/mol. The zero-order chi connectivity index (χ0) is 11.1. The molecule has 0 saturated carbocycles. The second-order valence-electron chi connectivity index (χ2n) is 4.88. The number of para-hydroxylation sites is 1. The number of nitrogens with zero attached hydrogens (tertiary/aromatic N) is 2. The molecule has 2 heteroatoms. The molecule has 1 aromatic heterocycles. The van der Waals surface area contributed by atoms with E-state index in [9.17, 15) is 0 Å². The zero-order valence-corrected chi connectivity index (χ0v) is 9.70. The lowest BCUT2D eigenvalue weighted by Crippen LogP contribution is -2.30. The quantitative estimate of drug-likeness (QED) is 0.521. The van der Waals surface area contributed by atoms with E-state index < -0.39 is 0 Å². The van der Waals surface area contributed by atoms with Crippen molar-refractivity contribution in [1.82, 2.24) is 4.57 Å². The summed E-state index contributed by atoms with van der Waals surface area (Å²) in [7, 11) is 10.4. The molecular formula is C13H18N2. The van der Waals surface area contributed by atoms with Gasteiger partial charge in [-0.15, -0.1) is 7.05 Å². The molecule has 0 aliphatic rings. The largest absolute Gasteiger partial charge is 0.458 e. The zero-order valence-electron chi connectivity index (χ0n) is 9.70. The van der Waals surface area contributed by atoms with Crippen LogP contribution in [0.25, 0.3) is 10.9 Å². The Morgan fingerprint density at radius 2 is 1.93 bits per heavy atom. The lowest BCUT2D eigenvalue weighted by molar-refractivity contribution is -0.859. The molecular weight excluding hydrogens is 184 g/mol. The molecule has 0 radical (unpaired) electrons. The number of rotatable bonds is 2. The third-order valence-electron chi connectivity index (χ3n) is 2.58. The maximum Gasteiger partial charge on any atom is 0.0820 e. The lowest BCUT2D eigenvalue weighted by Gasteiger charge is -2.32. The van der Waals surface area contributed by atoms with Gasteiger partial charge < -0.3 is 9.05 Å². The van der Waals surface area contributed by atoms with Gasteiger partial charge in [0.25, 0.3) is 0 Å². The van der Waals surface area contributed by atoms with Crippen molar-refractivity contribution in [1.29, 1.82) is 0 Å². The molecule has 2 rings (SSSR count). The third kappa shape index (κ3) is 2.05. The predicted octanol–water partition coefficient (Wildman–Crippen LogP) is 2.55. The van der Waals surface area contributed by atoms with E-state index in [1.165, 1.54) is 16.5 Å². The Balaban J connectivity index is 2.53. The number of fused-ring (bicyclic) bond motifs is 1. The van der Waals surface area contributed by atoms with Gasteiger partial charge in [-0.05, 0) is 6.07 Å². The fourth-order valence-corrected chi connectivity index (χ4v) is 2.01. The Hall–Kier alpha value is -1.28. The molecule has 0 saturated heterocycles. The standard InChI is InChI=1S/C13H18N2/c1-14-9-11(10-15(2,3)4)12-7-5-6-8-13(12)14/h5-9H,2,10H2,1,3-4H3. The van der Waals surface area contributed by atoms with Crippen molar-refractivity contribution in [2.75, 3.05) is 14.1 Å². The lowest BCUT2D eigenvalue weighted by atomic mass is 10.1. The molecule has 1 heterocycles. The van der Waals surface area contributed by atoms with Crippen LogP contribution in [0.1, 0.15) is 5.56 Å². The summed E-state index contributed by atoms with van der Waals surface area (Å²) in [5.74, 6) is 0. The SMILES string of the molecule is [CH2-][N+](C)(C)Cc1cn(C)c2ccccc12. The van der Waals surface area contributed by atoms with Crippen molar-refractivity contribution in [3.63, 3.8) is 0 Å². The number of aromatic nitrogens is 1. The Morgan fingerprint density at radius 3 is 2.60 bits per heavy atom. The maximum absolute atomic E-state index is 4.11. The van der Waals surface area contributed by atoms with Crippen LogP contribution in [0, 0.1) is 7.05 Å². The van der Waals surface area contributed by atoms with E-state index in [0.717, 1.165) is 6.54 Å². The second-order valence-corrected chi connectivity index (χ2v) is 4.88. The number of quaternary nitrogens is 1. The van der Waals surface area contributed by atoms with Gasteiger partial charge in [-0.3, -0.25) is 0 Å². The highest BCUT2D eigenvalue weighted by Gasteiger charge is 2.10. The maximum atomic E-state index is 4.11. The van der Waals surface area contributed by atoms with Crippen LogP contribution in [0.4, 0.5) is 0 Å². The van der Waals surface area contributed by atoms with Crippen LogP contribution in [0.2, 0.25) is 0 Å². The van der Waals surface area contributed by atoms with Gasteiger partial charge in [0, 0.05) is 43.8 Å². The van der Waals surface area contributed by atoms with E-state index in [4.69, 9.17) is 0 Å². The molecule has 1 aromatic carbocycles. The molecule has 0 spiro atoms. The topological polar surface area (TPSA) is 4.93 Å². The van der Waals surface area contributed by atoms with Crippen LogP contribution in [0.3, 0.4) is 0 Å². The van der Waals surface area contributed by atoms with Gasteiger partial charge in [-0.2, -0.15) is 0 Å². The van der Waals surface area contributed by atoms with Gasteiger partial charge in [0.1, 0.15) is 0 Å². The van der Waals surface area contributed by atoms with Crippen molar-refractivity contribution in [2.45, 2.75) is 6.54 Å². The first kappa shape index (κ1) is 10.2. The summed E-state index contributed by atoms with van der Waals surface area (Å²) in [4.78, 5) is 0. The van der Waals surface area contributed by atoms with Crippen LogP contribution in [0.15, 0.2) is 30.5 Å². The van der Waals surface area contributed by atoms with Crippen LogP contribution < -0.4 is 0 Å². The number of hydrogen-bond donors (Lipinski definition) is 0. The molecule has 0 N–H and O–H groups in total. The Kier molecular flexibility index (Phi) is 2.31. The third-order valence-corrected chi connectivity index (χ3v) is 2.58. The molecule has 15 heavy (non-hydrogen) atoms. The van der Waals surface area contributed by atoms with Gasteiger partial charge in [-0.25, -0.2) is 0 Å². The molecule has 2 nitrogen and oxygen atoms in total. The number of aryl methyl sites for hydroxylation is 1. The molecule has 0 aliphatic carbocycles. The molecule has 0 atom stereocenters. The minimum Gasteiger partial charge on any atom is -0.458 e. The average Bonchev–Trinajstić information content (AvgIpc) is 2.42. The van der Waals surface area contributed by atoms with Gasteiger partial charge >= 0.3 is 0 Å². The summed E-state index contributed by atoms with van der Waals surface area (Å²) in [6.45, 7) is 0.960. The normalized spacial score (nSPS) is 12.3. The molecule has 0 bridgehead atoms. The van der Waals surface area contributed by atoms with E-state index in [0.29, 0.717) is 4.48 Å². The first-order valence-electron chi connectivity index (χ1n) is 5.18.